The zero-order valence-corrected chi connectivity index (χ0v) is 10.5. The Morgan fingerprint density at radius 1 is 1.29 bits per heavy atom. The van der Waals surface area contributed by atoms with Crippen molar-refractivity contribution < 1.29 is 9.90 Å². The summed E-state index contributed by atoms with van der Waals surface area (Å²) in [5.41, 5.74) is 3.64. The van der Waals surface area contributed by atoms with Crippen molar-refractivity contribution in [2.24, 2.45) is 4.99 Å². The summed E-state index contributed by atoms with van der Waals surface area (Å²) in [6, 6.07) is 1.76. The van der Waals surface area contributed by atoms with Crippen LogP contribution in [0.1, 0.15) is 41.5 Å². The Bertz CT molecular complexity index is 509. The number of rotatable bonds is 2. The lowest BCUT2D eigenvalue weighted by Gasteiger charge is -2.39. The van der Waals surface area contributed by atoms with Gasteiger partial charge in [-0.1, -0.05) is 0 Å². The zero-order valence-electron chi connectivity index (χ0n) is 10.5. The fourth-order valence-corrected chi connectivity index (χ4v) is 2.79. The van der Waals surface area contributed by atoms with Crippen LogP contribution < -0.4 is 0 Å². The standard InChI is InChI=1S/C14H17NO2/c1-9-7-12(17)10(2)11(3)13(9)14(15-8-16)5-4-6-14/h7,17H,4-6H2,1-3H3. The van der Waals surface area contributed by atoms with Gasteiger partial charge in [0, 0.05) is 0 Å². The summed E-state index contributed by atoms with van der Waals surface area (Å²) >= 11 is 0. The molecule has 0 aliphatic heterocycles. The number of nitrogens with zero attached hydrogens (tertiary/aromatic N) is 1. The van der Waals surface area contributed by atoms with E-state index in [0.717, 1.165) is 41.5 Å². The molecule has 1 aromatic carbocycles. The van der Waals surface area contributed by atoms with Crippen molar-refractivity contribution in [1.82, 2.24) is 0 Å². The number of aliphatic imine (C=N–C) groups is 1. The van der Waals surface area contributed by atoms with Crippen LogP contribution in [0.4, 0.5) is 0 Å². The molecule has 1 aromatic rings. The van der Waals surface area contributed by atoms with Crippen molar-refractivity contribution in [3.05, 3.63) is 28.3 Å². The van der Waals surface area contributed by atoms with Gasteiger partial charge in [0.25, 0.3) is 0 Å². The van der Waals surface area contributed by atoms with Crippen molar-refractivity contribution in [2.75, 3.05) is 0 Å². The van der Waals surface area contributed by atoms with Gasteiger partial charge in [-0.15, -0.1) is 0 Å². The molecule has 1 aliphatic carbocycles. The normalized spacial score (nSPS) is 17.1. The van der Waals surface area contributed by atoms with E-state index < -0.39 is 0 Å². The molecule has 0 atom stereocenters. The first-order valence-corrected chi connectivity index (χ1v) is 5.91. The van der Waals surface area contributed by atoms with Gasteiger partial charge in [-0.2, -0.15) is 4.99 Å². The molecule has 17 heavy (non-hydrogen) atoms. The van der Waals surface area contributed by atoms with Gasteiger partial charge in [-0.05, 0) is 68.4 Å². The Labute approximate surface area is 101 Å². The molecular formula is C14H17NO2. The van der Waals surface area contributed by atoms with Crippen LogP contribution in [0, 0.1) is 20.8 Å². The molecular weight excluding hydrogens is 214 g/mol. The minimum atomic E-state index is -0.381. The number of hydrogen-bond acceptors (Lipinski definition) is 3. The molecule has 1 N–H and O–H groups in total. The van der Waals surface area contributed by atoms with Gasteiger partial charge in [0.1, 0.15) is 5.75 Å². The highest BCUT2D eigenvalue weighted by molar-refractivity contribution is 5.52. The third-order valence-corrected chi connectivity index (χ3v) is 3.98. The van der Waals surface area contributed by atoms with Crippen molar-refractivity contribution in [3.8, 4) is 5.75 Å². The molecule has 0 aromatic heterocycles. The molecule has 0 radical (unpaired) electrons. The van der Waals surface area contributed by atoms with Gasteiger partial charge >= 0.3 is 0 Å². The van der Waals surface area contributed by atoms with Crippen LogP contribution in [0.15, 0.2) is 11.1 Å². The topological polar surface area (TPSA) is 49.7 Å². The van der Waals surface area contributed by atoms with Crippen LogP contribution in [-0.2, 0) is 10.3 Å². The monoisotopic (exact) mass is 231 g/mol. The Morgan fingerprint density at radius 3 is 2.41 bits per heavy atom. The summed E-state index contributed by atoms with van der Waals surface area (Å²) < 4.78 is 0. The Hall–Kier alpha value is -1.60. The molecule has 0 saturated heterocycles. The molecule has 1 fully saturated rings. The minimum absolute atomic E-state index is 0.313. The minimum Gasteiger partial charge on any atom is -0.508 e. The van der Waals surface area contributed by atoms with E-state index in [1.165, 1.54) is 0 Å². The van der Waals surface area contributed by atoms with Gasteiger partial charge in [0.15, 0.2) is 0 Å². The predicted molar refractivity (Wildman–Crippen MR) is 66.0 cm³/mol. The number of hydrogen-bond donors (Lipinski definition) is 1. The van der Waals surface area contributed by atoms with E-state index in [4.69, 9.17) is 0 Å². The summed E-state index contributed by atoms with van der Waals surface area (Å²) in [5, 5.41) is 9.78. The van der Waals surface area contributed by atoms with E-state index in [9.17, 15) is 9.90 Å². The molecule has 0 amide bonds. The molecule has 1 aliphatic rings. The Balaban J connectivity index is 2.66. The number of isocyanates is 1. The maximum atomic E-state index is 10.6. The summed E-state index contributed by atoms with van der Waals surface area (Å²) in [7, 11) is 0. The van der Waals surface area contributed by atoms with Crippen LogP contribution in [0.5, 0.6) is 5.75 Å². The quantitative estimate of drug-likeness (QED) is 0.628. The number of carbonyl (C=O) groups excluding carboxylic acids is 1. The number of benzene rings is 1. The Morgan fingerprint density at radius 2 is 1.94 bits per heavy atom. The maximum absolute atomic E-state index is 10.6. The van der Waals surface area contributed by atoms with Crippen molar-refractivity contribution in [1.29, 1.82) is 0 Å². The number of aryl methyl sites for hydroxylation is 1. The zero-order chi connectivity index (χ0) is 12.6. The lowest BCUT2D eigenvalue weighted by atomic mass is 9.69. The van der Waals surface area contributed by atoms with Crippen LogP contribution >= 0.6 is 0 Å². The largest absolute Gasteiger partial charge is 0.508 e. The molecule has 0 bridgehead atoms. The van der Waals surface area contributed by atoms with E-state index in [0.29, 0.717) is 5.75 Å². The molecule has 2 rings (SSSR count). The van der Waals surface area contributed by atoms with Gasteiger partial charge < -0.3 is 5.11 Å². The number of aromatic hydroxyl groups is 1. The first kappa shape index (κ1) is 11.9. The van der Waals surface area contributed by atoms with E-state index in [1.807, 2.05) is 20.8 Å². The van der Waals surface area contributed by atoms with Crippen LogP contribution in [0.3, 0.4) is 0 Å². The molecule has 0 unspecified atom stereocenters. The lowest BCUT2D eigenvalue weighted by molar-refractivity contribution is 0.253. The predicted octanol–water partition coefficient (Wildman–Crippen LogP) is 3.03. The van der Waals surface area contributed by atoms with E-state index in [1.54, 1.807) is 12.1 Å². The summed E-state index contributed by atoms with van der Waals surface area (Å²) in [5.74, 6) is 0.313. The van der Waals surface area contributed by atoms with E-state index in [-0.39, 0.29) is 5.54 Å². The highest BCUT2D eigenvalue weighted by atomic mass is 16.3. The second-order valence-corrected chi connectivity index (χ2v) is 4.93. The van der Waals surface area contributed by atoms with Crippen LogP contribution in [0.2, 0.25) is 0 Å². The molecule has 90 valence electrons. The van der Waals surface area contributed by atoms with E-state index >= 15 is 0 Å². The van der Waals surface area contributed by atoms with Crippen molar-refractivity contribution in [3.63, 3.8) is 0 Å². The maximum Gasteiger partial charge on any atom is 0.235 e. The third kappa shape index (κ3) is 1.67. The smallest absolute Gasteiger partial charge is 0.235 e. The fourth-order valence-electron chi connectivity index (χ4n) is 2.79. The van der Waals surface area contributed by atoms with Gasteiger partial charge in [0.2, 0.25) is 6.08 Å². The second-order valence-electron chi connectivity index (χ2n) is 4.93. The third-order valence-electron chi connectivity index (χ3n) is 3.98. The van der Waals surface area contributed by atoms with Crippen molar-refractivity contribution >= 4 is 6.08 Å². The molecule has 3 heteroatoms. The van der Waals surface area contributed by atoms with Crippen LogP contribution in [0.25, 0.3) is 0 Å². The molecule has 0 spiro atoms. The van der Waals surface area contributed by atoms with E-state index in [2.05, 4.69) is 4.99 Å². The van der Waals surface area contributed by atoms with Gasteiger partial charge in [-0.3, -0.25) is 0 Å². The Kier molecular flexibility index (Phi) is 2.80. The SMILES string of the molecule is Cc1cc(O)c(C)c(C)c1C1(N=C=O)CCC1. The van der Waals surface area contributed by atoms with Crippen LogP contribution in [-0.4, -0.2) is 11.2 Å². The van der Waals surface area contributed by atoms with Crippen molar-refractivity contribution in [2.45, 2.75) is 45.6 Å². The highest BCUT2D eigenvalue weighted by Gasteiger charge is 2.41. The fraction of sp³-hybridized carbons (Fsp3) is 0.500. The van der Waals surface area contributed by atoms with Gasteiger partial charge in [0.05, 0.1) is 5.54 Å². The number of phenols is 1. The summed E-state index contributed by atoms with van der Waals surface area (Å²) in [4.78, 5) is 14.7. The molecule has 1 saturated carbocycles. The first-order valence-electron chi connectivity index (χ1n) is 5.91. The average Bonchev–Trinajstić information content (AvgIpc) is 2.22. The lowest BCUT2D eigenvalue weighted by Crippen LogP contribution is -2.33. The van der Waals surface area contributed by atoms with Gasteiger partial charge in [-0.25, -0.2) is 4.79 Å². The first-order chi connectivity index (χ1) is 8.02. The second kappa shape index (κ2) is 4.01. The summed E-state index contributed by atoms with van der Waals surface area (Å²) in [6.45, 7) is 5.84. The average molecular weight is 231 g/mol. The molecule has 0 heterocycles. The summed E-state index contributed by atoms with van der Waals surface area (Å²) in [6.07, 6.45) is 4.59. The number of phenolic OH excluding ortho intramolecular Hbond substituents is 1. The highest BCUT2D eigenvalue weighted by Crippen LogP contribution is 2.48. The molecule has 3 nitrogen and oxygen atoms in total.